The van der Waals surface area contributed by atoms with E-state index in [0.717, 1.165) is 30.1 Å². The molecule has 0 spiro atoms. The Hall–Kier alpha value is -0.870. The second kappa shape index (κ2) is 5.12. The molecule has 4 nitrogen and oxygen atoms in total. The summed E-state index contributed by atoms with van der Waals surface area (Å²) >= 11 is 0. The van der Waals surface area contributed by atoms with E-state index in [-0.39, 0.29) is 6.61 Å². The van der Waals surface area contributed by atoms with Crippen molar-refractivity contribution in [3.63, 3.8) is 0 Å². The molecule has 1 aromatic heterocycles. The molecule has 0 radical (unpaired) electrons. The maximum atomic E-state index is 8.85. The molecule has 0 aliphatic carbocycles. The lowest BCUT2D eigenvalue weighted by atomic mass is 10.2. The van der Waals surface area contributed by atoms with E-state index in [2.05, 4.69) is 17.0 Å². The van der Waals surface area contributed by atoms with Crippen molar-refractivity contribution in [2.75, 3.05) is 19.7 Å². The van der Waals surface area contributed by atoms with Gasteiger partial charge in [0.1, 0.15) is 5.76 Å². The summed E-state index contributed by atoms with van der Waals surface area (Å²) in [5.74, 6) is 0.874. The van der Waals surface area contributed by atoms with Crippen molar-refractivity contribution in [3.05, 3.63) is 17.0 Å². The minimum atomic E-state index is 0.192. The molecule has 1 aromatic rings. The van der Waals surface area contributed by atoms with Gasteiger partial charge >= 0.3 is 0 Å². The maximum Gasteiger partial charge on any atom is 0.138 e. The third kappa shape index (κ3) is 2.56. The Balaban J connectivity index is 2.66. The average Bonchev–Trinajstić information content (AvgIpc) is 2.48. The zero-order valence-electron chi connectivity index (χ0n) is 9.08. The fourth-order valence-electron chi connectivity index (χ4n) is 1.44. The van der Waals surface area contributed by atoms with Gasteiger partial charge in [-0.2, -0.15) is 0 Å². The summed E-state index contributed by atoms with van der Waals surface area (Å²) < 4.78 is 5.08. The zero-order valence-corrected chi connectivity index (χ0v) is 9.08. The van der Waals surface area contributed by atoms with Gasteiger partial charge in [0.2, 0.25) is 0 Å². The fourth-order valence-corrected chi connectivity index (χ4v) is 1.44. The SMILES string of the molecule is CCN(CCO)Cc1c(C)noc1C. The molecule has 0 saturated heterocycles. The zero-order chi connectivity index (χ0) is 10.6. The lowest BCUT2D eigenvalue weighted by Crippen LogP contribution is -2.26. The summed E-state index contributed by atoms with van der Waals surface area (Å²) in [5.41, 5.74) is 2.08. The molecule has 1 N–H and O–H groups in total. The molecule has 4 heteroatoms. The number of aromatic nitrogens is 1. The van der Waals surface area contributed by atoms with Gasteiger partial charge < -0.3 is 9.63 Å². The Morgan fingerprint density at radius 3 is 2.57 bits per heavy atom. The van der Waals surface area contributed by atoms with Crippen LogP contribution in [0, 0.1) is 13.8 Å². The average molecular weight is 198 g/mol. The molecule has 0 bridgehead atoms. The Morgan fingerprint density at radius 2 is 2.14 bits per heavy atom. The predicted molar refractivity (Wildman–Crippen MR) is 54.0 cm³/mol. The van der Waals surface area contributed by atoms with Crippen LogP contribution in [0.25, 0.3) is 0 Å². The smallest absolute Gasteiger partial charge is 0.138 e. The van der Waals surface area contributed by atoms with Gasteiger partial charge in [0.05, 0.1) is 12.3 Å². The molecule has 0 aliphatic heterocycles. The lowest BCUT2D eigenvalue weighted by molar-refractivity contribution is 0.196. The van der Waals surface area contributed by atoms with Gasteiger partial charge in [-0.1, -0.05) is 12.1 Å². The number of hydrogen-bond donors (Lipinski definition) is 1. The second-order valence-corrected chi connectivity index (χ2v) is 3.40. The molecule has 0 aliphatic rings. The van der Waals surface area contributed by atoms with E-state index in [1.807, 2.05) is 13.8 Å². The number of aliphatic hydroxyl groups is 1. The van der Waals surface area contributed by atoms with Crippen LogP contribution in [0.1, 0.15) is 23.9 Å². The van der Waals surface area contributed by atoms with Gasteiger partial charge in [-0.05, 0) is 20.4 Å². The molecule has 0 atom stereocenters. The number of nitrogens with zero attached hydrogens (tertiary/aromatic N) is 2. The normalized spacial score (nSPS) is 11.2. The number of aliphatic hydroxyl groups excluding tert-OH is 1. The highest BCUT2D eigenvalue weighted by molar-refractivity contribution is 5.20. The largest absolute Gasteiger partial charge is 0.395 e. The van der Waals surface area contributed by atoms with E-state index in [1.165, 1.54) is 0 Å². The Morgan fingerprint density at radius 1 is 1.43 bits per heavy atom. The van der Waals surface area contributed by atoms with Crippen LogP contribution in [0.5, 0.6) is 0 Å². The highest BCUT2D eigenvalue weighted by Crippen LogP contribution is 2.14. The molecule has 0 saturated carbocycles. The summed E-state index contributed by atoms with van der Waals surface area (Å²) in [4.78, 5) is 2.16. The van der Waals surface area contributed by atoms with Crippen LogP contribution in [0.4, 0.5) is 0 Å². The van der Waals surface area contributed by atoms with Crippen molar-refractivity contribution in [2.45, 2.75) is 27.3 Å². The second-order valence-electron chi connectivity index (χ2n) is 3.40. The number of aryl methyl sites for hydroxylation is 2. The maximum absolute atomic E-state index is 8.85. The van der Waals surface area contributed by atoms with E-state index in [9.17, 15) is 0 Å². The van der Waals surface area contributed by atoms with Crippen LogP contribution >= 0.6 is 0 Å². The number of rotatable bonds is 5. The Bertz CT molecular complexity index is 264. The topological polar surface area (TPSA) is 49.5 Å². The molecule has 14 heavy (non-hydrogen) atoms. The summed E-state index contributed by atoms with van der Waals surface area (Å²) in [5, 5.41) is 12.8. The molecule has 1 rings (SSSR count). The molecule has 0 amide bonds. The van der Waals surface area contributed by atoms with Crippen molar-refractivity contribution in [1.82, 2.24) is 10.1 Å². The highest BCUT2D eigenvalue weighted by atomic mass is 16.5. The lowest BCUT2D eigenvalue weighted by Gasteiger charge is -2.18. The molecule has 0 unspecified atom stereocenters. The first-order valence-electron chi connectivity index (χ1n) is 4.94. The standard InChI is InChI=1S/C10H18N2O2/c1-4-12(5-6-13)7-10-8(2)11-14-9(10)3/h13H,4-7H2,1-3H3. The number of hydrogen-bond acceptors (Lipinski definition) is 4. The Kier molecular flexibility index (Phi) is 4.10. The predicted octanol–water partition coefficient (Wildman–Crippen LogP) is 1.11. The molecule has 0 fully saturated rings. The van der Waals surface area contributed by atoms with E-state index < -0.39 is 0 Å². The van der Waals surface area contributed by atoms with Crippen LogP contribution in [0.2, 0.25) is 0 Å². The van der Waals surface area contributed by atoms with Crippen LogP contribution in [-0.2, 0) is 6.54 Å². The third-order valence-electron chi connectivity index (χ3n) is 2.43. The monoisotopic (exact) mass is 198 g/mol. The van der Waals surface area contributed by atoms with Crippen LogP contribution < -0.4 is 0 Å². The first-order valence-corrected chi connectivity index (χ1v) is 4.94. The van der Waals surface area contributed by atoms with Crippen LogP contribution in [-0.4, -0.2) is 34.9 Å². The summed E-state index contributed by atoms with van der Waals surface area (Å²) in [6, 6.07) is 0. The fraction of sp³-hybridized carbons (Fsp3) is 0.700. The highest BCUT2D eigenvalue weighted by Gasteiger charge is 2.12. The van der Waals surface area contributed by atoms with Crippen molar-refractivity contribution in [2.24, 2.45) is 0 Å². The minimum Gasteiger partial charge on any atom is -0.395 e. The number of likely N-dealkylation sites (N-methyl/N-ethyl adjacent to an activating group) is 1. The van der Waals surface area contributed by atoms with Gasteiger partial charge in [0, 0.05) is 18.7 Å². The van der Waals surface area contributed by atoms with E-state index in [1.54, 1.807) is 0 Å². The van der Waals surface area contributed by atoms with E-state index in [4.69, 9.17) is 9.63 Å². The van der Waals surface area contributed by atoms with Crippen molar-refractivity contribution in [3.8, 4) is 0 Å². The van der Waals surface area contributed by atoms with E-state index >= 15 is 0 Å². The summed E-state index contributed by atoms with van der Waals surface area (Å²) in [6.45, 7) is 8.55. The third-order valence-corrected chi connectivity index (χ3v) is 2.43. The Labute approximate surface area is 84.5 Å². The van der Waals surface area contributed by atoms with Gasteiger partial charge in [0.15, 0.2) is 0 Å². The molecular weight excluding hydrogens is 180 g/mol. The van der Waals surface area contributed by atoms with E-state index in [0.29, 0.717) is 6.54 Å². The van der Waals surface area contributed by atoms with Crippen molar-refractivity contribution in [1.29, 1.82) is 0 Å². The summed E-state index contributed by atoms with van der Waals surface area (Å²) in [7, 11) is 0. The quantitative estimate of drug-likeness (QED) is 0.770. The van der Waals surface area contributed by atoms with Crippen molar-refractivity contribution < 1.29 is 9.63 Å². The van der Waals surface area contributed by atoms with Crippen LogP contribution in [0.15, 0.2) is 4.52 Å². The van der Waals surface area contributed by atoms with Crippen molar-refractivity contribution >= 4 is 0 Å². The molecule has 80 valence electrons. The van der Waals surface area contributed by atoms with Gasteiger partial charge in [-0.15, -0.1) is 0 Å². The first-order chi connectivity index (χ1) is 6.69. The molecule has 1 heterocycles. The molecular formula is C10H18N2O2. The van der Waals surface area contributed by atoms with Gasteiger partial charge in [-0.25, -0.2) is 0 Å². The van der Waals surface area contributed by atoms with Gasteiger partial charge in [-0.3, -0.25) is 4.90 Å². The van der Waals surface area contributed by atoms with Gasteiger partial charge in [0.25, 0.3) is 0 Å². The minimum absolute atomic E-state index is 0.192. The first kappa shape index (κ1) is 11.2. The van der Waals surface area contributed by atoms with Crippen LogP contribution in [0.3, 0.4) is 0 Å². The summed E-state index contributed by atoms with van der Waals surface area (Å²) in [6.07, 6.45) is 0. The molecule has 0 aromatic carbocycles.